The summed E-state index contributed by atoms with van der Waals surface area (Å²) in [6, 6.07) is 5.99. The molecular weight excluding hydrogens is 172 g/mol. The van der Waals surface area contributed by atoms with Gasteiger partial charge in [0, 0.05) is 7.11 Å². The molecule has 0 aliphatic carbocycles. The van der Waals surface area contributed by atoms with Crippen LogP contribution in [-0.4, -0.2) is 23.3 Å². The Morgan fingerprint density at radius 3 is 2.69 bits per heavy atom. The molecule has 0 saturated heterocycles. The molecule has 4 nitrogen and oxygen atoms in total. The van der Waals surface area contributed by atoms with Crippen LogP contribution in [0.1, 0.15) is 11.7 Å². The van der Waals surface area contributed by atoms with E-state index in [9.17, 15) is 4.79 Å². The maximum absolute atomic E-state index is 10.6. The third-order valence-electron chi connectivity index (χ3n) is 1.63. The monoisotopic (exact) mass is 182 g/mol. The first-order valence-electron chi connectivity index (χ1n) is 3.69. The maximum Gasteiger partial charge on any atom is 0.337 e. The fourth-order valence-corrected chi connectivity index (χ4v) is 1.07. The average molecular weight is 182 g/mol. The van der Waals surface area contributed by atoms with Gasteiger partial charge in [-0.05, 0) is 17.7 Å². The molecule has 0 saturated carbocycles. The lowest BCUT2D eigenvalue weighted by molar-refractivity contribution is -0.148. The van der Waals surface area contributed by atoms with E-state index in [1.807, 2.05) is 0 Å². The molecule has 0 aliphatic rings. The maximum atomic E-state index is 10.6. The second kappa shape index (κ2) is 3.91. The molecule has 0 fully saturated rings. The molecule has 0 spiro atoms. The number of benzene rings is 1. The molecular formula is C9H10O4. The molecule has 1 aromatic carbocycles. The highest BCUT2D eigenvalue weighted by Gasteiger charge is 2.18. The topological polar surface area (TPSA) is 66.8 Å². The molecule has 13 heavy (non-hydrogen) atoms. The van der Waals surface area contributed by atoms with Gasteiger partial charge in [0.25, 0.3) is 0 Å². The van der Waals surface area contributed by atoms with Crippen LogP contribution in [0.2, 0.25) is 0 Å². The lowest BCUT2D eigenvalue weighted by atomic mass is 10.1. The van der Waals surface area contributed by atoms with Gasteiger partial charge in [0.05, 0.1) is 0 Å². The summed E-state index contributed by atoms with van der Waals surface area (Å²) in [5, 5.41) is 17.8. The summed E-state index contributed by atoms with van der Waals surface area (Å²) in [6.45, 7) is 0. The van der Waals surface area contributed by atoms with Crippen molar-refractivity contribution < 1.29 is 19.7 Å². The Morgan fingerprint density at radius 2 is 2.23 bits per heavy atom. The number of aliphatic carboxylic acids is 1. The van der Waals surface area contributed by atoms with E-state index >= 15 is 0 Å². The largest absolute Gasteiger partial charge is 0.508 e. The molecule has 0 unspecified atom stereocenters. The van der Waals surface area contributed by atoms with E-state index in [2.05, 4.69) is 0 Å². The summed E-state index contributed by atoms with van der Waals surface area (Å²) in [7, 11) is 1.31. The van der Waals surface area contributed by atoms with Crippen molar-refractivity contribution in [3.8, 4) is 5.75 Å². The standard InChI is InChI=1S/C9H10O4/c1-13-8(9(11)12)6-3-2-4-7(10)5-6/h2-5,8,10H,1H3,(H,11,12)/t8-/m1/s1. The van der Waals surface area contributed by atoms with Crippen LogP contribution in [0.5, 0.6) is 5.75 Å². The van der Waals surface area contributed by atoms with Gasteiger partial charge in [-0.3, -0.25) is 0 Å². The van der Waals surface area contributed by atoms with E-state index in [0.29, 0.717) is 5.56 Å². The normalized spacial score (nSPS) is 12.4. The van der Waals surface area contributed by atoms with Crippen LogP contribution in [-0.2, 0) is 9.53 Å². The van der Waals surface area contributed by atoms with E-state index in [1.165, 1.54) is 19.2 Å². The van der Waals surface area contributed by atoms with Crippen LogP contribution in [0.3, 0.4) is 0 Å². The summed E-state index contributed by atoms with van der Waals surface area (Å²) >= 11 is 0. The average Bonchev–Trinajstić information content (AvgIpc) is 2.04. The Hall–Kier alpha value is -1.55. The van der Waals surface area contributed by atoms with E-state index in [-0.39, 0.29) is 5.75 Å². The van der Waals surface area contributed by atoms with Gasteiger partial charge < -0.3 is 14.9 Å². The molecule has 0 aromatic heterocycles. The van der Waals surface area contributed by atoms with Gasteiger partial charge in [0.1, 0.15) is 5.75 Å². The summed E-state index contributed by atoms with van der Waals surface area (Å²) in [6.07, 6.45) is -1.02. The number of carbonyl (C=O) groups is 1. The number of phenolic OH excluding ortho intramolecular Hbond substituents is 1. The number of rotatable bonds is 3. The van der Waals surface area contributed by atoms with Gasteiger partial charge in [-0.1, -0.05) is 12.1 Å². The lowest BCUT2D eigenvalue weighted by Gasteiger charge is -2.10. The number of carboxylic acids is 1. The van der Waals surface area contributed by atoms with Crippen molar-refractivity contribution in [3.63, 3.8) is 0 Å². The van der Waals surface area contributed by atoms with Crippen LogP contribution in [0, 0.1) is 0 Å². The van der Waals surface area contributed by atoms with Gasteiger partial charge in [-0.2, -0.15) is 0 Å². The smallest absolute Gasteiger partial charge is 0.337 e. The predicted molar refractivity (Wildman–Crippen MR) is 45.5 cm³/mol. The zero-order valence-corrected chi connectivity index (χ0v) is 7.10. The third-order valence-corrected chi connectivity index (χ3v) is 1.63. The Morgan fingerprint density at radius 1 is 1.54 bits per heavy atom. The number of hydrogen-bond donors (Lipinski definition) is 2. The van der Waals surface area contributed by atoms with Gasteiger partial charge in [0.2, 0.25) is 0 Å². The number of aromatic hydroxyl groups is 1. The van der Waals surface area contributed by atoms with Crippen molar-refractivity contribution in [2.45, 2.75) is 6.10 Å². The van der Waals surface area contributed by atoms with E-state index in [0.717, 1.165) is 0 Å². The molecule has 1 atom stereocenters. The van der Waals surface area contributed by atoms with Crippen molar-refractivity contribution in [1.82, 2.24) is 0 Å². The molecule has 0 aliphatic heterocycles. The number of ether oxygens (including phenoxy) is 1. The van der Waals surface area contributed by atoms with Crippen molar-refractivity contribution in [1.29, 1.82) is 0 Å². The second-order valence-corrected chi connectivity index (χ2v) is 2.55. The van der Waals surface area contributed by atoms with Gasteiger partial charge in [0.15, 0.2) is 6.10 Å². The van der Waals surface area contributed by atoms with Crippen molar-refractivity contribution >= 4 is 5.97 Å². The quantitative estimate of drug-likeness (QED) is 0.736. The lowest BCUT2D eigenvalue weighted by Crippen LogP contribution is -2.13. The van der Waals surface area contributed by atoms with Crippen LogP contribution < -0.4 is 0 Å². The minimum absolute atomic E-state index is 0.0285. The first-order chi connectivity index (χ1) is 6.15. The molecule has 1 aromatic rings. The Bertz CT molecular complexity index is 308. The van der Waals surface area contributed by atoms with E-state index in [4.69, 9.17) is 14.9 Å². The molecule has 0 radical (unpaired) electrons. The second-order valence-electron chi connectivity index (χ2n) is 2.55. The summed E-state index contributed by atoms with van der Waals surface area (Å²) in [4.78, 5) is 10.6. The summed E-state index contributed by atoms with van der Waals surface area (Å²) < 4.78 is 4.74. The Kier molecular flexibility index (Phi) is 2.87. The fourth-order valence-electron chi connectivity index (χ4n) is 1.07. The molecule has 4 heteroatoms. The molecule has 0 amide bonds. The zero-order chi connectivity index (χ0) is 9.84. The number of hydrogen-bond acceptors (Lipinski definition) is 3. The van der Waals surface area contributed by atoms with Gasteiger partial charge >= 0.3 is 5.97 Å². The van der Waals surface area contributed by atoms with Crippen LogP contribution in [0.15, 0.2) is 24.3 Å². The van der Waals surface area contributed by atoms with Crippen LogP contribution in [0.25, 0.3) is 0 Å². The number of carboxylic acid groups (broad SMARTS) is 1. The minimum Gasteiger partial charge on any atom is -0.508 e. The molecule has 70 valence electrons. The first kappa shape index (κ1) is 9.54. The number of phenols is 1. The van der Waals surface area contributed by atoms with E-state index in [1.54, 1.807) is 12.1 Å². The highest BCUT2D eigenvalue weighted by atomic mass is 16.5. The molecule has 0 heterocycles. The van der Waals surface area contributed by atoms with Crippen LogP contribution >= 0.6 is 0 Å². The summed E-state index contributed by atoms with van der Waals surface area (Å²) in [5.41, 5.74) is 0.426. The van der Waals surface area contributed by atoms with Gasteiger partial charge in [-0.25, -0.2) is 4.79 Å². The molecule has 1 rings (SSSR count). The van der Waals surface area contributed by atoms with Crippen LogP contribution in [0.4, 0.5) is 0 Å². The third kappa shape index (κ3) is 2.19. The Balaban J connectivity index is 2.98. The SMILES string of the molecule is CO[C@@H](C(=O)O)c1cccc(O)c1. The first-order valence-corrected chi connectivity index (χ1v) is 3.69. The summed E-state index contributed by atoms with van der Waals surface area (Å²) in [5.74, 6) is -1.05. The van der Waals surface area contributed by atoms with Crippen molar-refractivity contribution in [2.75, 3.05) is 7.11 Å². The van der Waals surface area contributed by atoms with E-state index < -0.39 is 12.1 Å². The predicted octanol–water partition coefficient (Wildman–Crippen LogP) is 1.16. The zero-order valence-electron chi connectivity index (χ0n) is 7.10. The molecule has 0 bridgehead atoms. The van der Waals surface area contributed by atoms with Gasteiger partial charge in [-0.15, -0.1) is 0 Å². The van der Waals surface area contributed by atoms with Crippen molar-refractivity contribution in [2.24, 2.45) is 0 Å². The molecule has 2 N–H and O–H groups in total. The highest BCUT2D eigenvalue weighted by molar-refractivity contribution is 5.74. The Labute approximate surface area is 75.4 Å². The minimum atomic E-state index is -1.08. The fraction of sp³-hybridized carbons (Fsp3) is 0.222. The highest BCUT2D eigenvalue weighted by Crippen LogP contribution is 2.20. The number of methoxy groups -OCH3 is 1. The van der Waals surface area contributed by atoms with Crippen molar-refractivity contribution in [3.05, 3.63) is 29.8 Å².